The normalized spacial score (nSPS) is 18.1. The first-order valence-electron chi connectivity index (χ1n) is 7.49. The van der Waals surface area contributed by atoms with Crippen LogP contribution in [-0.4, -0.2) is 84.9 Å². The quantitative estimate of drug-likeness (QED) is 0.717. The molecule has 1 aliphatic heterocycles. The summed E-state index contributed by atoms with van der Waals surface area (Å²) in [6.45, 7) is 4.68. The summed E-state index contributed by atoms with van der Waals surface area (Å²) < 4.78 is 4.93. The van der Waals surface area contributed by atoms with Gasteiger partial charge in [0.25, 0.3) is 0 Å². The Balaban J connectivity index is 1.67. The van der Waals surface area contributed by atoms with E-state index in [2.05, 4.69) is 20.1 Å². The second kappa shape index (κ2) is 8.79. The highest BCUT2D eigenvalue weighted by atomic mass is 16.5. The number of ether oxygens (including phenoxy) is 1. The number of pyridine rings is 1. The monoisotopic (exact) mass is 308 g/mol. The molecule has 122 valence electrons. The third-order valence-electron chi connectivity index (χ3n) is 3.61. The smallest absolute Gasteiger partial charge is 0.238 e. The largest absolute Gasteiger partial charge is 0.389 e. The van der Waals surface area contributed by atoms with Gasteiger partial charge >= 0.3 is 0 Å². The van der Waals surface area contributed by atoms with E-state index in [4.69, 9.17) is 4.74 Å². The van der Waals surface area contributed by atoms with Crippen molar-refractivity contribution in [3.8, 4) is 0 Å². The molecule has 1 amide bonds. The van der Waals surface area contributed by atoms with Gasteiger partial charge in [-0.05, 0) is 12.1 Å². The number of nitrogens with zero attached hydrogens (tertiary/aromatic N) is 3. The first-order valence-corrected chi connectivity index (χ1v) is 7.49. The lowest BCUT2D eigenvalue weighted by Gasteiger charge is -2.35. The predicted octanol–water partition coefficient (Wildman–Crippen LogP) is -0.355. The zero-order valence-electron chi connectivity index (χ0n) is 12.9. The van der Waals surface area contributed by atoms with Crippen LogP contribution in [0.2, 0.25) is 0 Å². The van der Waals surface area contributed by atoms with E-state index in [0.29, 0.717) is 25.4 Å². The second-order valence-corrected chi connectivity index (χ2v) is 5.48. The van der Waals surface area contributed by atoms with Crippen LogP contribution in [0.25, 0.3) is 0 Å². The fourth-order valence-electron chi connectivity index (χ4n) is 2.51. The van der Waals surface area contributed by atoms with Gasteiger partial charge in [-0.3, -0.25) is 19.6 Å². The zero-order valence-corrected chi connectivity index (χ0v) is 12.9. The molecule has 2 N–H and O–H groups in total. The standard InChI is InChI=1S/C15H24N4O3/c1-22-12-14(20)10-18-5-7-19(8-6-18)11-15(21)17-13-3-2-4-16-9-13/h2-4,9,14,20H,5-8,10-12H2,1H3,(H,17,21). The number of amides is 1. The molecule has 1 aliphatic rings. The van der Waals surface area contributed by atoms with Gasteiger partial charge in [0.1, 0.15) is 0 Å². The molecule has 0 bridgehead atoms. The molecule has 1 aromatic rings. The summed E-state index contributed by atoms with van der Waals surface area (Å²) in [6, 6.07) is 3.61. The minimum Gasteiger partial charge on any atom is -0.389 e. The Morgan fingerprint density at radius 2 is 2.14 bits per heavy atom. The van der Waals surface area contributed by atoms with Crippen molar-refractivity contribution in [2.45, 2.75) is 6.10 Å². The Hall–Kier alpha value is -1.54. The average Bonchev–Trinajstić information content (AvgIpc) is 2.50. The molecule has 1 fully saturated rings. The van der Waals surface area contributed by atoms with Crippen LogP contribution in [0.15, 0.2) is 24.5 Å². The summed E-state index contributed by atoms with van der Waals surface area (Å²) >= 11 is 0. The highest BCUT2D eigenvalue weighted by Gasteiger charge is 2.20. The number of aliphatic hydroxyl groups is 1. The van der Waals surface area contributed by atoms with Gasteiger partial charge in [0.05, 0.1) is 31.1 Å². The number of β-amino-alcohol motifs (C(OH)–C–C–N with tert-alkyl or cyclic N) is 1. The van der Waals surface area contributed by atoms with Gasteiger partial charge in [-0.1, -0.05) is 0 Å². The Bertz CT molecular complexity index is 449. The van der Waals surface area contributed by atoms with E-state index in [0.717, 1.165) is 26.2 Å². The van der Waals surface area contributed by atoms with Crippen LogP contribution < -0.4 is 5.32 Å². The van der Waals surface area contributed by atoms with Crippen molar-refractivity contribution in [2.24, 2.45) is 0 Å². The third-order valence-corrected chi connectivity index (χ3v) is 3.61. The number of piperazine rings is 1. The minimum atomic E-state index is -0.453. The molecule has 1 saturated heterocycles. The number of hydrogen-bond acceptors (Lipinski definition) is 6. The number of carbonyl (C=O) groups is 1. The lowest BCUT2D eigenvalue weighted by atomic mass is 10.2. The third kappa shape index (κ3) is 5.69. The van der Waals surface area contributed by atoms with Crippen molar-refractivity contribution in [2.75, 3.05) is 58.3 Å². The van der Waals surface area contributed by atoms with Crippen LogP contribution in [0.3, 0.4) is 0 Å². The molecule has 22 heavy (non-hydrogen) atoms. The Morgan fingerprint density at radius 3 is 2.77 bits per heavy atom. The number of nitrogens with one attached hydrogen (secondary N) is 1. The zero-order chi connectivity index (χ0) is 15.8. The van der Waals surface area contributed by atoms with Crippen molar-refractivity contribution in [3.05, 3.63) is 24.5 Å². The molecule has 7 nitrogen and oxygen atoms in total. The predicted molar refractivity (Wildman–Crippen MR) is 83.6 cm³/mol. The summed E-state index contributed by atoms with van der Waals surface area (Å²) in [7, 11) is 1.59. The first-order chi connectivity index (χ1) is 10.7. The molecular weight excluding hydrogens is 284 g/mol. The number of methoxy groups -OCH3 is 1. The fraction of sp³-hybridized carbons (Fsp3) is 0.600. The van der Waals surface area contributed by atoms with Gasteiger partial charge in [0.15, 0.2) is 0 Å². The molecule has 1 unspecified atom stereocenters. The summed E-state index contributed by atoms with van der Waals surface area (Å²) in [5.74, 6) is -0.0270. The summed E-state index contributed by atoms with van der Waals surface area (Å²) in [5.41, 5.74) is 0.717. The van der Waals surface area contributed by atoms with Gasteiger partial charge in [-0.15, -0.1) is 0 Å². The summed E-state index contributed by atoms with van der Waals surface area (Å²) in [4.78, 5) is 20.3. The number of carbonyl (C=O) groups excluding carboxylic acids is 1. The van der Waals surface area contributed by atoms with Crippen LogP contribution in [0.4, 0.5) is 5.69 Å². The van der Waals surface area contributed by atoms with Crippen LogP contribution in [-0.2, 0) is 9.53 Å². The van der Waals surface area contributed by atoms with Crippen molar-refractivity contribution in [1.82, 2.24) is 14.8 Å². The van der Waals surface area contributed by atoms with Gasteiger partial charge in [-0.25, -0.2) is 0 Å². The molecule has 1 atom stereocenters. The Labute approximate surface area is 130 Å². The average molecular weight is 308 g/mol. The summed E-state index contributed by atoms with van der Waals surface area (Å²) in [5, 5.41) is 12.6. The number of aromatic nitrogens is 1. The van der Waals surface area contributed by atoms with E-state index >= 15 is 0 Å². The second-order valence-electron chi connectivity index (χ2n) is 5.48. The van der Waals surface area contributed by atoms with Crippen LogP contribution in [0.1, 0.15) is 0 Å². The van der Waals surface area contributed by atoms with Crippen molar-refractivity contribution in [1.29, 1.82) is 0 Å². The highest BCUT2D eigenvalue weighted by molar-refractivity contribution is 5.92. The van der Waals surface area contributed by atoms with E-state index in [-0.39, 0.29) is 5.91 Å². The van der Waals surface area contributed by atoms with Crippen LogP contribution >= 0.6 is 0 Å². The molecule has 1 aromatic heterocycles. The van der Waals surface area contributed by atoms with Gasteiger partial charge in [0.2, 0.25) is 5.91 Å². The molecule has 2 rings (SSSR count). The maximum atomic E-state index is 12.0. The lowest BCUT2D eigenvalue weighted by molar-refractivity contribution is -0.117. The molecule has 0 spiro atoms. The number of aliphatic hydroxyl groups excluding tert-OH is 1. The number of rotatable bonds is 7. The molecule has 2 heterocycles. The SMILES string of the molecule is COCC(O)CN1CCN(CC(=O)Nc2cccnc2)CC1. The van der Waals surface area contributed by atoms with Crippen molar-refractivity contribution in [3.63, 3.8) is 0 Å². The van der Waals surface area contributed by atoms with Gasteiger partial charge in [0, 0.05) is 46.0 Å². The Kier molecular flexibility index (Phi) is 6.73. The molecule has 7 heteroatoms. The van der Waals surface area contributed by atoms with E-state index in [1.165, 1.54) is 0 Å². The highest BCUT2D eigenvalue weighted by Crippen LogP contribution is 2.05. The van der Waals surface area contributed by atoms with E-state index in [1.807, 2.05) is 6.07 Å². The summed E-state index contributed by atoms with van der Waals surface area (Å²) in [6.07, 6.45) is 2.85. The van der Waals surface area contributed by atoms with Crippen LogP contribution in [0, 0.1) is 0 Å². The topological polar surface area (TPSA) is 77.9 Å². The molecule has 0 aliphatic carbocycles. The van der Waals surface area contributed by atoms with Gasteiger partial charge < -0.3 is 15.2 Å². The maximum Gasteiger partial charge on any atom is 0.238 e. The van der Waals surface area contributed by atoms with E-state index < -0.39 is 6.10 Å². The lowest BCUT2D eigenvalue weighted by Crippen LogP contribution is -2.50. The number of hydrogen-bond donors (Lipinski definition) is 2. The molecule has 0 saturated carbocycles. The number of anilines is 1. The van der Waals surface area contributed by atoms with E-state index in [1.54, 1.807) is 25.6 Å². The van der Waals surface area contributed by atoms with E-state index in [9.17, 15) is 9.90 Å². The first kappa shape index (κ1) is 16.8. The van der Waals surface area contributed by atoms with Crippen molar-refractivity contribution >= 4 is 11.6 Å². The molecular formula is C15H24N4O3. The van der Waals surface area contributed by atoms with Crippen molar-refractivity contribution < 1.29 is 14.6 Å². The van der Waals surface area contributed by atoms with Crippen LogP contribution in [0.5, 0.6) is 0 Å². The maximum absolute atomic E-state index is 12.0. The van der Waals surface area contributed by atoms with Gasteiger partial charge in [-0.2, -0.15) is 0 Å². The molecule has 0 radical (unpaired) electrons. The minimum absolute atomic E-state index is 0.0270. The Morgan fingerprint density at radius 1 is 1.41 bits per heavy atom. The fourth-order valence-corrected chi connectivity index (χ4v) is 2.51. The molecule has 0 aromatic carbocycles.